The molecule has 0 fully saturated rings. The van der Waals surface area contributed by atoms with Gasteiger partial charge in [0.15, 0.2) is 0 Å². The number of ether oxygens (including phenoxy) is 1. The normalized spacial score (nSPS) is 13.0. The van der Waals surface area contributed by atoms with Crippen molar-refractivity contribution in [2.24, 2.45) is 5.92 Å². The zero-order chi connectivity index (χ0) is 29.5. The average molecular weight is 540 g/mol. The van der Waals surface area contributed by atoms with Gasteiger partial charge in [-0.1, -0.05) is 50.2 Å². The maximum absolute atomic E-state index is 14.1. The van der Waals surface area contributed by atoms with Crippen molar-refractivity contribution >= 4 is 23.6 Å². The van der Waals surface area contributed by atoms with Crippen molar-refractivity contribution in [3.05, 3.63) is 64.2 Å². The fraction of sp³-hybridized carbons (Fsp3) is 0.516. The molecule has 0 heterocycles. The number of para-hydroxylation sites is 1. The van der Waals surface area contributed by atoms with Crippen LogP contribution in [0.15, 0.2) is 36.4 Å². The standard InChI is InChI=1S/C31H45N3O5/c1-19(2)17-25(32-30(38)39-31(7,8)9)29(37)34(15-16-35)27(24-14-13-20(3)23(6)18-24)28(36)33-26-21(4)11-10-12-22(26)5/h10-14,18-19,25,27,35H,15-17H2,1-9H3,(H,32,38)(H,33,36). The predicted octanol–water partition coefficient (Wildman–Crippen LogP) is 5.36. The molecule has 2 unspecified atom stereocenters. The second-order valence-corrected chi connectivity index (χ2v) is 11.6. The molecule has 2 rings (SSSR count). The summed E-state index contributed by atoms with van der Waals surface area (Å²) < 4.78 is 5.42. The second-order valence-electron chi connectivity index (χ2n) is 11.6. The molecule has 0 spiro atoms. The lowest BCUT2D eigenvalue weighted by Crippen LogP contribution is -2.53. The first-order valence-electron chi connectivity index (χ1n) is 13.5. The molecule has 0 bridgehead atoms. The number of alkyl carbamates (subject to hydrolysis) is 1. The van der Waals surface area contributed by atoms with E-state index in [1.165, 1.54) is 4.90 Å². The highest BCUT2D eigenvalue weighted by Gasteiger charge is 2.36. The molecular formula is C31H45N3O5. The summed E-state index contributed by atoms with van der Waals surface area (Å²) in [7, 11) is 0. The Morgan fingerprint density at radius 3 is 2.08 bits per heavy atom. The van der Waals surface area contributed by atoms with Crippen molar-refractivity contribution in [1.82, 2.24) is 10.2 Å². The zero-order valence-corrected chi connectivity index (χ0v) is 24.8. The smallest absolute Gasteiger partial charge is 0.408 e. The number of hydrogen-bond donors (Lipinski definition) is 3. The van der Waals surface area contributed by atoms with Crippen LogP contribution >= 0.6 is 0 Å². The van der Waals surface area contributed by atoms with Gasteiger partial charge in [0.25, 0.3) is 5.91 Å². The lowest BCUT2D eigenvalue weighted by Gasteiger charge is -2.35. The number of aliphatic hydroxyl groups is 1. The fourth-order valence-corrected chi connectivity index (χ4v) is 4.43. The second kappa shape index (κ2) is 13.6. The third-order valence-electron chi connectivity index (χ3n) is 6.46. The lowest BCUT2D eigenvalue weighted by atomic mass is 9.96. The largest absolute Gasteiger partial charge is 0.444 e. The first-order chi connectivity index (χ1) is 18.1. The van der Waals surface area contributed by atoms with E-state index in [1.54, 1.807) is 20.8 Å². The number of hydrogen-bond acceptors (Lipinski definition) is 5. The molecular weight excluding hydrogens is 494 g/mol. The Kier molecular flexibility index (Phi) is 11.1. The van der Waals surface area contributed by atoms with E-state index in [1.807, 2.05) is 77.9 Å². The summed E-state index contributed by atoms with van der Waals surface area (Å²) in [5, 5.41) is 15.7. The summed E-state index contributed by atoms with van der Waals surface area (Å²) in [5.41, 5.74) is 4.37. The van der Waals surface area contributed by atoms with Crippen LogP contribution < -0.4 is 10.6 Å². The summed E-state index contributed by atoms with van der Waals surface area (Å²) >= 11 is 0. The first kappa shape index (κ1) is 31.8. The molecule has 2 aromatic carbocycles. The van der Waals surface area contributed by atoms with E-state index in [2.05, 4.69) is 10.6 Å². The van der Waals surface area contributed by atoms with Crippen LogP contribution in [0.4, 0.5) is 10.5 Å². The summed E-state index contributed by atoms with van der Waals surface area (Å²) in [4.78, 5) is 42.1. The molecule has 3 N–H and O–H groups in total. The number of anilines is 1. The van der Waals surface area contributed by atoms with Crippen LogP contribution in [0.2, 0.25) is 0 Å². The van der Waals surface area contributed by atoms with Crippen molar-refractivity contribution in [3.8, 4) is 0 Å². The number of nitrogens with one attached hydrogen (secondary N) is 2. The molecule has 0 radical (unpaired) electrons. The summed E-state index contributed by atoms with van der Waals surface area (Å²) in [5.74, 6) is -0.810. The fourth-order valence-electron chi connectivity index (χ4n) is 4.43. The monoisotopic (exact) mass is 539 g/mol. The summed E-state index contributed by atoms with van der Waals surface area (Å²) in [6, 6.07) is 9.37. The van der Waals surface area contributed by atoms with Crippen LogP contribution in [0.25, 0.3) is 0 Å². The first-order valence-corrected chi connectivity index (χ1v) is 13.5. The van der Waals surface area contributed by atoms with Gasteiger partial charge in [0.1, 0.15) is 17.7 Å². The van der Waals surface area contributed by atoms with Gasteiger partial charge < -0.3 is 25.4 Å². The predicted molar refractivity (Wildman–Crippen MR) is 155 cm³/mol. The van der Waals surface area contributed by atoms with Gasteiger partial charge in [-0.05, 0) is 88.6 Å². The van der Waals surface area contributed by atoms with Crippen molar-refractivity contribution in [3.63, 3.8) is 0 Å². The number of aliphatic hydroxyl groups excluding tert-OH is 1. The Morgan fingerprint density at radius 2 is 1.56 bits per heavy atom. The van der Waals surface area contributed by atoms with Crippen LogP contribution in [0, 0.1) is 33.6 Å². The highest BCUT2D eigenvalue weighted by atomic mass is 16.6. The molecule has 8 heteroatoms. The van der Waals surface area contributed by atoms with E-state index in [4.69, 9.17) is 4.74 Å². The highest BCUT2D eigenvalue weighted by molar-refractivity contribution is 6.00. The molecule has 8 nitrogen and oxygen atoms in total. The van der Waals surface area contributed by atoms with Gasteiger partial charge in [0, 0.05) is 12.2 Å². The summed E-state index contributed by atoms with van der Waals surface area (Å²) in [6.07, 6.45) is -0.383. The Balaban J connectivity index is 2.58. The third kappa shape index (κ3) is 9.10. The van der Waals surface area contributed by atoms with Gasteiger partial charge in [-0.3, -0.25) is 9.59 Å². The minimum absolute atomic E-state index is 0.0633. The number of amides is 3. The minimum atomic E-state index is -1.04. The van der Waals surface area contributed by atoms with E-state index in [0.717, 1.165) is 22.3 Å². The van der Waals surface area contributed by atoms with E-state index >= 15 is 0 Å². The Hall–Kier alpha value is -3.39. The van der Waals surface area contributed by atoms with Gasteiger partial charge in [0.2, 0.25) is 5.91 Å². The number of aryl methyl sites for hydroxylation is 4. The summed E-state index contributed by atoms with van der Waals surface area (Å²) in [6.45, 7) is 16.4. The van der Waals surface area contributed by atoms with Gasteiger partial charge in [0.05, 0.1) is 6.61 Å². The molecule has 0 aliphatic heterocycles. The molecule has 2 aromatic rings. The third-order valence-corrected chi connectivity index (χ3v) is 6.46. The Labute approximate surface area is 233 Å². The minimum Gasteiger partial charge on any atom is -0.444 e. The van der Waals surface area contributed by atoms with Crippen LogP contribution in [0.1, 0.15) is 74.9 Å². The zero-order valence-electron chi connectivity index (χ0n) is 24.8. The average Bonchev–Trinajstić information content (AvgIpc) is 2.81. The topological polar surface area (TPSA) is 108 Å². The number of carbonyl (C=O) groups excluding carboxylic acids is 3. The molecule has 0 saturated heterocycles. The lowest BCUT2D eigenvalue weighted by molar-refractivity contribution is -0.141. The molecule has 0 aromatic heterocycles. The van der Waals surface area contributed by atoms with Gasteiger partial charge in [-0.25, -0.2) is 4.79 Å². The highest BCUT2D eigenvalue weighted by Crippen LogP contribution is 2.28. The SMILES string of the molecule is Cc1ccc(C(C(=O)Nc2c(C)cccc2C)N(CCO)C(=O)C(CC(C)C)NC(=O)OC(C)(C)C)cc1C. The maximum Gasteiger partial charge on any atom is 0.408 e. The van der Waals surface area contributed by atoms with Gasteiger partial charge in [-0.15, -0.1) is 0 Å². The quantitative estimate of drug-likeness (QED) is 0.377. The maximum atomic E-state index is 14.1. The van der Waals surface area contributed by atoms with Gasteiger partial charge in [-0.2, -0.15) is 0 Å². The Bertz CT molecular complexity index is 1150. The van der Waals surface area contributed by atoms with Crippen LogP contribution in [0.3, 0.4) is 0 Å². The molecule has 0 aliphatic carbocycles. The molecule has 2 atom stereocenters. The van der Waals surface area contributed by atoms with E-state index in [0.29, 0.717) is 17.7 Å². The van der Waals surface area contributed by atoms with Gasteiger partial charge >= 0.3 is 6.09 Å². The van der Waals surface area contributed by atoms with E-state index in [9.17, 15) is 19.5 Å². The van der Waals surface area contributed by atoms with Crippen LogP contribution in [0.5, 0.6) is 0 Å². The van der Waals surface area contributed by atoms with Crippen molar-refractivity contribution in [2.45, 2.75) is 86.4 Å². The van der Waals surface area contributed by atoms with Crippen molar-refractivity contribution in [1.29, 1.82) is 0 Å². The number of nitrogens with zero attached hydrogens (tertiary/aromatic N) is 1. The van der Waals surface area contributed by atoms with E-state index < -0.39 is 35.6 Å². The molecule has 214 valence electrons. The Morgan fingerprint density at radius 1 is 0.949 bits per heavy atom. The molecule has 0 saturated carbocycles. The van der Waals surface area contributed by atoms with Crippen LogP contribution in [-0.4, -0.2) is 52.7 Å². The number of rotatable bonds is 10. The molecule has 0 aliphatic rings. The van der Waals surface area contributed by atoms with Crippen molar-refractivity contribution in [2.75, 3.05) is 18.5 Å². The number of benzene rings is 2. The van der Waals surface area contributed by atoms with Crippen LogP contribution in [-0.2, 0) is 14.3 Å². The molecule has 3 amide bonds. The molecule has 39 heavy (non-hydrogen) atoms. The number of carbonyl (C=O) groups is 3. The van der Waals surface area contributed by atoms with Crippen molar-refractivity contribution < 1.29 is 24.2 Å². The van der Waals surface area contributed by atoms with E-state index in [-0.39, 0.29) is 19.1 Å².